The molecule has 0 aliphatic rings. The van der Waals surface area contributed by atoms with Crippen LogP contribution in [0.1, 0.15) is 5.76 Å². The fourth-order valence-corrected chi connectivity index (χ4v) is 2.42. The fourth-order valence-electron chi connectivity index (χ4n) is 2.42. The van der Waals surface area contributed by atoms with E-state index in [2.05, 4.69) is 5.16 Å². The lowest BCUT2D eigenvalue weighted by molar-refractivity contribution is 0.239. The summed E-state index contributed by atoms with van der Waals surface area (Å²) in [5, 5.41) is 4.67. The molecule has 0 aliphatic heterocycles. The number of fused-ring (bicyclic) bond motifs is 1. The third-order valence-corrected chi connectivity index (χ3v) is 3.61. The Hall–Kier alpha value is -3.48. The van der Waals surface area contributed by atoms with E-state index in [0.717, 1.165) is 5.39 Å². The van der Waals surface area contributed by atoms with Crippen molar-refractivity contribution >= 4 is 11.0 Å². The number of ether oxygens (including phenoxy) is 2. The highest BCUT2D eigenvalue weighted by atomic mass is 16.5. The highest BCUT2D eigenvalue weighted by Gasteiger charge is 2.12. The fraction of sp³-hybridized carbons (Fsp3) is 0.111. The second-order valence-electron chi connectivity index (χ2n) is 5.24. The van der Waals surface area contributed by atoms with Crippen molar-refractivity contribution in [2.24, 2.45) is 0 Å². The van der Waals surface area contributed by atoms with Crippen molar-refractivity contribution < 1.29 is 22.8 Å². The number of rotatable bonds is 5. The number of hydrogen-bond acceptors (Lipinski definition) is 7. The molecule has 0 aliphatic carbocycles. The van der Waals surface area contributed by atoms with Crippen molar-refractivity contribution in [2.75, 3.05) is 7.11 Å². The van der Waals surface area contributed by atoms with Gasteiger partial charge in [0.2, 0.25) is 0 Å². The molecule has 0 atom stereocenters. The van der Waals surface area contributed by atoms with Crippen LogP contribution in [0.4, 0.5) is 0 Å². The van der Waals surface area contributed by atoms with Gasteiger partial charge in [-0.1, -0.05) is 5.16 Å². The van der Waals surface area contributed by atoms with Crippen LogP contribution in [0.3, 0.4) is 0 Å². The van der Waals surface area contributed by atoms with E-state index >= 15 is 0 Å². The van der Waals surface area contributed by atoms with Gasteiger partial charge in [0.25, 0.3) is 0 Å². The smallest absolute Gasteiger partial charge is 0.336 e. The minimum absolute atomic E-state index is 0.132. The molecule has 126 valence electrons. The molecule has 0 spiro atoms. The van der Waals surface area contributed by atoms with Crippen LogP contribution in [0.2, 0.25) is 0 Å². The summed E-state index contributed by atoms with van der Waals surface area (Å²) in [4.78, 5) is 11.4. The first kappa shape index (κ1) is 15.1. The van der Waals surface area contributed by atoms with E-state index in [0.29, 0.717) is 34.3 Å². The number of aromatic nitrogens is 1. The molecule has 7 heteroatoms. The van der Waals surface area contributed by atoms with Gasteiger partial charge < -0.3 is 22.8 Å². The molecular formula is C18H13NO6. The summed E-state index contributed by atoms with van der Waals surface area (Å²) in [6.45, 7) is 0.132. The van der Waals surface area contributed by atoms with Crippen LogP contribution in [0.25, 0.3) is 22.4 Å². The van der Waals surface area contributed by atoms with Gasteiger partial charge in [-0.2, -0.15) is 0 Å². The van der Waals surface area contributed by atoms with Crippen LogP contribution in [-0.2, 0) is 6.61 Å². The average Bonchev–Trinajstić information content (AvgIpc) is 3.30. The summed E-state index contributed by atoms with van der Waals surface area (Å²) in [6, 6.07) is 11.7. The summed E-state index contributed by atoms with van der Waals surface area (Å²) in [5.74, 6) is 2.08. The van der Waals surface area contributed by atoms with E-state index in [1.54, 1.807) is 42.7 Å². The maximum atomic E-state index is 11.4. The Morgan fingerprint density at radius 2 is 2.04 bits per heavy atom. The minimum Gasteiger partial charge on any atom is -0.493 e. The van der Waals surface area contributed by atoms with Gasteiger partial charge in [0.05, 0.1) is 13.4 Å². The van der Waals surface area contributed by atoms with Gasteiger partial charge in [0, 0.05) is 23.6 Å². The van der Waals surface area contributed by atoms with Crippen LogP contribution < -0.4 is 15.1 Å². The van der Waals surface area contributed by atoms with E-state index in [4.69, 9.17) is 22.8 Å². The van der Waals surface area contributed by atoms with Gasteiger partial charge in [-0.25, -0.2) is 4.79 Å². The van der Waals surface area contributed by atoms with Crippen LogP contribution in [-0.4, -0.2) is 12.3 Å². The predicted molar refractivity (Wildman–Crippen MR) is 87.6 cm³/mol. The van der Waals surface area contributed by atoms with Crippen LogP contribution in [0, 0.1) is 0 Å². The quantitative estimate of drug-likeness (QED) is 0.513. The van der Waals surface area contributed by atoms with Crippen molar-refractivity contribution in [1.29, 1.82) is 0 Å². The third kappa shape index (κ3) is 2.99. The normalized spacial score (nSPS) is 10.9. The standard InChI is InChI=1S/C18H13NO6/c1-21-16-7-11-4-5-18(20)24-15(11)9-17(16)23-10-12-8-13(19-25-12)14-3-2-6-22-14/h2-9H,10H2,1H3. The van der Waals surface area contributed by atoms with Gasteiger partial charge in [0.1, 0.15) is 17.9 Å². The highest BCUT2D eigenvalue weighted by Crippen LogP contribution is 2.32. The van der Waals surface area contributed by atoms with E-state index < -0.39 is 5.63 Å². The van der Waals surface area contributed by atoms with Crippen molar-refractivity contribution in [2.45, 2.75) is 6.61 Å². The van der Waals surface area contributed by atoms with Crippen molar-refractivity contribution in [1.82, 2.24) is 5.16 Å². The average molecular weight is 339 g/mol. The predicted octanol–water partition coefficient (Wildman–Crippen LogP) is 3.63. The molecule has 0 bridgehead atoms. The van der Waals surface area contributed by atoms with Crippen LogP contribution >= 0.6 is 0 Å². The molecule has 0 saturated carbocycles. The first-order valence-electron chi connectivity index (χ1n) is 7.47. The molecule has 0 saturated heterocycles. The first-order valence-corrected chi connectivity index (χ1v) is 7.47. The molecule has 7 nitrogen and oxygen atoms in total. The lowest BCUT2D eigenvalue weighted by Crippen LogP contribution is -1.99. The van der Waals surface area contributed by atoms with Crippen LogP contribution in [0.5, 0.6) is 11.5 Å². The Morgan fingerprint density at radius 3 is 2.84 bits per heavy atom. The second kappa shape index (κ2) is 6.20. The maximum Gasteiger partial charge on any atom is 0.336 e. The molecule has 3 heterocycles. The summed E-state index contributed by atoms with van der Waals surface area (Å²) in [6.07, 6.45) is 1.56. The molecule has 0 unspecified atom stereocenters. The van der Waals surface area contributed by atoms with Gasteiger partial charge >= 0.3 is 5.63 Å². The zero-order valence-electron chi connectivity index (χ0n) is 13.2. The molecule has 0 radical (unpaired) electrons. The maximum absolute atomic E-state index is 11.4. The second-order valence-corrected chi connectivity index (χ2v) is 5.24. The highest BCUT2D eigenvalue weighted by molar-refractivity contribution is 5.80. The van der Waals surface area contributed by atoms with Gasteiger partial charge in [0.15, 0.2) is 23.0 Å². The number of methoxy groups -OCH3 is 1. The summed E-state index contributed by atoms with van der Waals surface area (Å²) in [7, 11) is 1.54. The number of nitrogens with zero attached hydrogens (tertiary/aromatic N) is 1. The van der Waals surface area contributed by atoms with Gasteiger partial charge in [-0.15, -0.1) is 0 Å². The Labute approximate surface area is 141 Å². The molecule has 25 heavy (non-hydrogen) atoms. The van der Waals surface area contributed by atoms with E-state index in [9.17, 15) is 4.79 Å². The lowest BCUT2D eigenvalue weighted by Gasteiger charge is -2.10. The molecule has 0 fully saturated rings. The summed E-state index contributed by atoms with van der Waals surface area (Å²) >= 11 is 0. The number of benzene rings is 1. The molecule has 1 aromatic carbocycles. The van der Waals surface area contributed by atoms with E-state index in [1.807, 2.05) is 0 Å². The number of furan rings is 1. The summed E-state index contributed by atoms with van der Waals surface area (Å²) in [5.41, 5.74) is 0.569. The summed E-state index contributed by atoms with van der Waals surface area (Å²) < 4.78 is 26.7. The topological polar surface area (TPSA) is 87.8 Å². The van der Waals surface area contributed by atoms with E-state index in [1.165, 1.54) is 13.2 Å². The van der Waals surface area contributed by atoms with Gasteiger partial charge in [-0.05, 0) is 24.3 Å². The molecule has 0 amide bonds. The minimum atomic E-state index is -0.429. The van der Waals surface area contributed by atoms with Crippen molar-refractivity contribution in [3.8, 4) is 23.0 Å². The zero-order valence-corrected chi connectivity index (χ0v) is 13.2. The van der Waals surface area contributed by atoms with Gasteiger partial charge in [-0.3, -0.25) is 0 Å². The van der Waals surface area contributed by atoms with Crippen molar-refractivity contribution in [3.05, 3.63) is 64.9 Å². The van der Waals surface area contributed by atoms with Crippen LogP contribution in [0.15, 0.2) is 66.9 Å². The Balaban J connectivity index is 1.59. The SMILES string of the molecule is COc1cc2ccc(=O)oc2cc1OCc1cc(-c2ccco2)no1. The Morgan fingerprint density at radius 1 is 1.12 bits per heavy atom. The molecular weight excluding hydrogens is 326 g/mol. The molecule has 0 N–H and O–H groups in total. The molecule has 3 aromatic heterocycles. The first-order chi connectivity index (χ1) is 12.2. The van der Waals surface area contributed by atoms with Crippen molar-refractivity contribution in [3.63, 3.8) is 0 Å². The number of hydrogen-bond donors (Lipinski definition) is 0. The van der Waals surface area contributed by atoms with E-state index in [-0.39, 0.29) is 6.61 Å². The molecule has 4 rings (SSSR count). The largest absolute Gasteiger partial charge is 0.493 e. The Kier molecular flexibility index (Phi) is 3.74. The lowest BCUT2D eigenvalue weighted by atomic mass is 10.2. The Bertz CT molecular complexity index is 1060. The zero-order chi connectivity index (χ0) is 17.2. The third-order valence-electron chi connectivity index (χ3n) is 3.61. The monoisotopic (exact) mass is 339 g/mol. The molecule has 4 aromatic rings.